The number of nitrogens with two attached hydrogens (primary N) is 1. The second kappa shape index (κ2) is 6.56. The first-order valence-corrected chi connectivity index (χ1v) is 6.61. The smallest absolute Gasteiger partial charge is 0.176 e. The second-order valence-electron chi connectivity index (χ2n) is 4.86. The molecule has 3 N–H and O–H groups in total. The van der Waals surface area contributed by atoms with Gasteiger partial charge < -0.3 is 20.4 Å². The van der Waals surface area contributed by atoms with Crippen molar-refractivity contribution >= 4 is 5.84 Å². The van der Waals surface area contributed by atoms with Gasteiger partial charge in [0.2, 0.25) is 0 Å². The molecular weight excluding hydrogens is 263 g/mol. The Hall–Kier alpha value is -1.82. The molecule has 0 amide bonds. The van der Waals surface area contributed by atoms with Gasteiger partial charge in [-0.1, -0.05) is 11.2 Å². The summed E-state index contributed by atoms with van der Waals surface area (Å²) in [6, 6.07) is 4.40. The molecule has 1 saturated carbocycles. The Morgan fingerprint density at radius 3 is 2.85 bits per heavy atom. The average Bonchev–Trinajstić information content (AvgIpc) is 2.47. The molecule has 0 spiro atoms. The van der Waals surface area contributed by atoms with Gasteiger partial charge in [-0.3, -0.25) is 0 Å². The standard InChI is InChI=1S/C14H19FN2O3/c1-19-9-4-2-5-10(8-9)20-12-7-3-6-11(15)13(12)14(16)17-18/h3,6-7,9-10,18H,2,4-5,8H2,1H3,(H2,16,17). The summed E-state index contributed by atoms with van der Waals surface area (Å²) in [5.74, 6) is -0.573. The number of hydrogen-bond acceptors (Lipinski definition) is 4. The Labute approximate surface area is 117 Å². The number of nitrogens with zero attached hydrogens (tertiary/aromatic N) is 1. The van der Waals surface area contributed by atoms with E-state index in [2.05, 4.69) is 5.16 Å². The van der Waals surface area contributed by atoms with Gasteiger partial charge in [-0.05, 0) is 31.4 Å². The molecule has 1 aliphatic rings. The van der Waals surface area contributed by atoms with Crippen molar-refractivity contribution in [2.24, 2.45) is 10.9 Å². The van der Waals surface area contributed by atoms with Crippen LogP contribution in [-0.4, -0.2) is 30.4 Å². The van der Waals surface area contributed by atoms with E-state index >= 15 is 0 Å². The lowest BCUT2D eigenvalue weighted by Crippen LogP contribution is -2.30. The van der Waals surface area contributed by atoms with Crippen LogP contribution in [0.1, 0.15) is 31.2 Å². The van der Waals surface area contributed by atoms with Crippen molar-refractivity contribution < 1.29 is 19.1 Å². The molecule has 0 radical (unpaired) electrons. The number of rotatable bonds is 4. The zero-order valence-corrected chi connectivity index (χ0v) is 11.4. The highest BCUT2D eigenvalue weighted by Gasteiger charge is 2.25. The fourth-order valence-corrected chi connectivity index (χ4v) is 2.50. The lowest BCUT2D eigenvalue weighted by Gasteiger charge is -2.29. The number of oxime groups is 1. The minimum absolute atomic E-state index is 0.00506. The highest BCUT2D eigenvalue weighted by atomic mass is 19.1. The Morgan fingerprint density at radius 2 is 2.15 bits per heavy atom. The maximum absolute atomic E-state index is 13.8. The van der Waals surface area contributed by atoms with Gasteiger partial charge in [0.1, 0.15) is 17.7 Å². The van der Waals surface area contributed by atoms with Gasteiger partial charge in [0.05, 0.1) is 11.7 Å². The molecule has 1 aromatic rings. The number of methoxy groups -OCH3 is 1. The lowest BCUT2D eigenvalue weighted by atomic mass is 9.95. The van der Waals surface area contributed by atoms with Gasteiger partial charge in [-0.15, -0.1) is 0 Å². The molecule has 1 fully saturated rings. The zero-order valence-electron chi connectivity index (χ0n) is 11.4. The minimum atomic E-state index is -0.572. The normalized spacial score (nSPS) is 23.6. The quantitative estimate of drug-likeness (QED) is 0.384. The Morgan fingerprint density at radius 1 is 1.40 bits per heavy atom. The predicted molar refractivity (Wildman–Crippen MR) is 72.6 cm³/mol. The molecule has 0 saturated heterocycles. The maximum Gasteiger partial charge on any atom is 0.176 e. The number of hydrogen-bond donors (Lipinski definition) is 2. The van der Waals surface area contributed by atoms with Crippen LogP contribution in [0.2, 0.25) is 0 Å². The van der Waals surface area contributed by atoms with Crippen molar-refractivity contribution in [3.05, 3.63) is 29.6 Å². The number of halogens is 1. The van der Waals surface area contributed by atoms with E-state index in [9.17, 15) is 4.39 Å². The summed E-state index contributed by atoms with van der Waals surface area (Å²) in [5, 5.41) is 11.6. The summed E-state index contributed by atoms with van der Waals surface area (Å²) in [6.45, 7) is 0. The van der Waals surface area contributed by atoms with Crippen molar-refractivity contribution in [2.45, 2.75) is 37.9 Å². The molecule has 5 nitrogen and oxygen atoms in total. The van der Waals surface area contributed by atoms with Crippen molar-refractivity contribution in [3.63, 3.8) is 0 Å². The fraction of sp³-hybridized carbons (Fsp3) is 0.500. The summed E-state index contributed by atoms with van der Waals surface area (Å²) in [4.78, 5) is 0. The monoisotopic (exact) mass is 282 g/mol. The number of benzene rings is 1. The third-order valence-corrected chi connectivity index (χ3v) is 3.54. The van der Waals surface area contributed by atoms with Gasteiger partial charge >= 0.3 is 0 Å². The molecule has 1 aliphatic carbocycles. The average molecular weight is 282 g/mol. The van der Waals surface area contributed by atoms with Crippen molar-refractivity contribution in [1.82, 2.24) is 0 Å². The van der Waals surface area contributed by atoms with Crippen LogP contribution in [0.15, 0.2) is 23.4 Å². The molecule has 0 aromatic heterocycles. The molecule has 0 bridgehead atoms. The van der Waals surface area contributed by atoms with Crippen LogP contribution >= 0.6 is 0 Å². The molecule has 20 heavy (non-hydrogen) atoms. The van der Waals surface area contributed by atoms with E-state index in [1.807, 2.05) is 0 Å². The van der Waals surface area contributed by atoms with Gasteiger partial charge in [0.15, 0.2) is 5.84 Å². The van der Waals surface area contributed by atoms with Crippen molar-refractivity contribution in [2.75, 3.05) is 7.11 Å². The molecule has 0 aliphatic heterocycles. The molecule has 0 heterocycles. The summed E-state index contributed by atoms with van der Waals surface area (Å²) >= 11 is 0. The summed E-state index contributed by atoms with van der Waals surface area (Å²) in [7, 11) is 1.68. The van der Waals surface area contributed by atoms with Crippen LogP contribution in [0.4, 0.5) is 4.39 Å². The molecule has 2 atom stereocenters. The Kier molecular flexibility index (Phi) is 4.79. The van der Waals surface area contributed by atoms with E-state index in [1.54, 1.807) is 13.2 Å². The van der Waals surface area contributed by atoms with Gasteiger partial charge in [0.25, 0.3) is 0 Å². The highest BCUT2D eigenvalue weighted by molar-refractivity contribution is 5.99. The van der Waals surface area contributed by atoms with Crippen LogP contribution < -0.4 is 10.5 Å². The predicted octanol–water partition coefficient (Wildman–Crippen LogP) is 2.26. The molecular formula is C14H19FN2O3. The molecule has 2 rings (SSSR count). The third-order valence-electron chi connectivity index (χ3n) is 3.54. The van der Waals surface area contributed by atoms with E-state index in [4.69, 9.17) is 20.4 Å². The Balaban J connectivity index is 2.19. The topological polar surface area (TPSA) is 77.1 Å². The van der Waals surface area contributed by atoms with Crippen LogP contribution in [0, 0.1) is 5.82 Å². The van der Waals surface area contributed by atoms with Gasteiger partial charge in [-0.2, -0.15) is 0 Å². The third kappa shape index (κ3) is 3.19. The van der Waals surface area contributed by atoms with E-state index in [1.165, 1.54) is 12.1 Å². The van der Waals surface area contributed by atoms with Gasteiger partial charge in [0, 0.05) is 13.5 Å². The number of amidine groups is 1. The molecule has 110 valence electrons. The van der Waals surface area contributed by atoms with Crippen molar-refractivity contribution in [3.8, 4) is 5.75 Å². The highest BCUT2D eigenvalue weighted by Crippen LogP contribution is 2.28. The number of ether oxygens (including phenoxy) is 2. The molecule has 6 heteroatoms. The summed E-state index contributed by atoms with van der Waals surface area (Å²) < 4.78 is 25.0. The largest absolute Gasteiger partial charge is 0.489 e. The van der Waals surface area contributed by atoms with E-state index < -0.39 is 5.82 Å². The first-order valence-electron chi connectivity index (χ1n) is 6.61. The maximum atomic E-state index is 13.8. The van der Waals surface area contributed by atoms with E-state index in [0.29, 0.717) is 5.75 Å². The SMILES string of the molecule is COC1CCCC(Oc2cccc(F)c2C(N)=NO)C1. The van der Waals surface area contributed by atoms with Crippen molar-refractivity contribution in [1.29, 1.82) is 0 Å². The first kappa shape index (κ1) is 14.6. The van der Waals surface area contributed by atoms with Crippen LogP contribution in [-0.2, 0) is 4.74 Å². The minimum Gasteiger partial charge on any atom is -0.489 e. The molecule has 1 aromatic carbocycles. The summed E-state index contributed by atoms with van der Waals surface area (Å²) in [6.07, 6.45) is 3.74. The van der Waals surface area contributed by atoms with E-state index in [-0.39, 0.29) is 23.6 Å². The summed E-state index contributed by atoms with van der Waals surface area (Å²) in [5.41, 5.74) is 5.50. The van der Waals surface area contributed by atoms with Crippen LogP contribution in [0.5, 0.6) is 5.75 Å². The fourth-order valence-electron chi connectivity index (χ4n) is 2.50. The first-order chi connectivity index (χ1) is 9.65. The Bertz CT molecular complexity index is 493. The molecule has 2 unspecified atom stereocenters. The van der Waals surface area contributed by atoms with Gasteiger partial charge in [-0.25, -0.2) is 4.39 Å². The van der Waals surface area contributed by atoms with Crippen LogP contribution in [0.25, 0.3) is 0 Å². The lowest BCUT2D eigenvalue weighted by molar-refractivity contribution is 0.0208. The van der Waals surface area contributed by atoms with Crippen LogP contribution in [0.3, 0.4) is 0 Å². The second-order valence-corrected chi connectivity index (χ2v) is 4.86. The zero-order chi connectivity index (χ0) is 14.5. The van der Waals surface area contributed by atoms with E-state index in [0.717, 1.165) is 25.7 Å².